The van der Waals surface area contributed by atoms with Gasteiger partial charge in [0.25, 0.3) is 11.8 Å². The normalized spacial score (nSPS) is 20.0. The van der Waals surface area contributed by atoms with Gasteiger partial charge in [-0.05, 0) is 31.5 Å². The minimum Gasteiger partial charge on any atom is -0.339 e. The number of rotatable bonds is 5. The number of hydrogen-bond donors (Lipinski definition) is 1. The SMILES string of the molecule is O=C1c2ccccc2C(=O)N1CCc1noc(CC2CCCN2)n1. The first kappa shape index (κ1) is 15.0. The fourth-order valence-corrected chi connectivity index (χ4v) is 3.27. The smallest absolute Gasteiger partial charge is 0.261 e. The number of aromatic nitrogens is 2. The highest BCUT2D eigenvalue weighted by atomic mass is 16.5. The molecule has 2 amide bonds. The Kier molecular flexibility index (Phi) is 3.86. The number of carbonyl (C=O) groups is 2. The standard InChI is InChI=1S/C17H18N4O3/c22-16-12-5-1-2-6-13(12)17(23)21(16)9-7-14-19-15(24-20-14)10-11-4-3-8-18-11/h1-2,5-6,11,18H,3-4,7-10H2. The van der Waals surface area contributed by atoms with Crippen molar-refractivity contribution < 1.29 is 14.1 Å². The molecule has 124 valence electrons. The van der Waals surface area contributed by atoms with E-state index in [9.17, 15) is 9.59 Å². The first-order valence-electron chi connectivity index (χ1n) is 8.22. The lowest BCUT2D eigenvalue weighted by molar-refractivity contribution is 0.0655. The number of fused-ring (bicyclic) bond motifs is 1. The Morgan fingerprint density at radius 2 is 1.96 bits per heavy atom. The van der Waals surface area contributed by atoms with E-state index in [0.29, 0.717) is 35.3 Å². The molecule has 7 nitrogen and oxygen atoms in total. The summed E-state index contributed by atoms with van der Waals surface area (Å²) >= 11 is 0. The molecule has 1 aromatic heterocycles. The van der Waals surface area contributed by atoms with Gasteiger partial charge in [0.1, 0.15) is 0 Å². The molecular weight excluding hydrogens is 308 g/mol. The molecule has 4 rings (SSSR count). The van der Waals surface area contributed by atoms with Gasteiger partial charge in [0, 0.05) is 25.4 Å². The van der Waals surface area contributed by atoms with E-state index in [1.165, 1.54) is 11.3 Å². The maximum Gasteiger partial charge on any atom is 0.261 e. The van der Waals surface area contributed by atoms with Crippen molar-refractivity contribution in [3.8, 4) is 0 Å². The molecule has 3 heterocycles. The van der Waals surface area contributed by atoms with Gasteiger partial charge in [0.05, 0.1) is 11.1 Å². The van der Waals surface area contributed by atoms with E-state index in [4.69, 9.17) is 4.52 Å². The molecule has 1 fully saturated rings. The molecule has 2 aromatic rings. The van der Waals surface area contributed by atoms with Crippen LogP contribution in [0.25, 0.3) is 0 Å². The molecule has 2 aliphatic rings. The van der Waals surface area contributed by atoms with Gasteiger partial charge in [-0.25, -0.2) is 0 Å². The summed E-state index contributed by atoms with van der Waals surface area (Å²) < 4.78 is 5.27. The van der Waals surface area contributed by atoms with Crippen LogP contribution in [0.4, 0.5) is 0 Å². The second kappa shape index (κ2) is 6.16. The molecule has 0 aliphatic carbocycles. The molecule has 1 atom stereocenters. The molecule has 1 aromatic carbocycles. The minimum atomic E-state index is -0.255. The van der Waals surface area contributed by atoms with Crippen LogP contribution < -0.4 is 5.32 Å². The molecule has 0 radical (unpaired) electrons. The zero-order chi connectivity index (χ0) is 16.5. The molecule has 0 saturated carbocycles. The lowest BCUT2D eigenvalue weighted by Crippen LogP contribution is -2.32. The molecule has 1 saturated heterocycles. The van der Waals surface area contributed by atoms with Crippen LogP contribution >= 0.6 is 0 Å². The second-order valence-corrected chi connectivity index (χ2v) is 6.16. The van der Waals surface area contributed by atoms with Crippen LogP contribution in [0.5, 0.6) is 0 Å². The fourth-order valence-electron chi connectivity index (χ4n) is 3.27. The van der Waals surface area contributed by atoms with Gasteiger partial charge in [0.2, 0.25) is 5.89 Å². The van der Waals surface area contributed by atoms with Crippen LogP contribution in [-0.2, 0) is 12.8 Å². The Morgan fingerprint density at radius 1 is 1.21 bits per heavy atom. The molecule has 2 aliphatic heterocycles. The molecule has 1 unspecified atom stereocenters. The van der Waals surface area contributed by atoms with Crippen molar-refractivity contribution in [1.82, 2.24) is 20.4 Å². The lowest BCUT2D eigenvalue weighted by atomic mass is 10.1. The fraction of sp³-hybridized carbons (Fsp3) is 0.412. The quantitative estimate of drug-likeness (QED) is 0.831. The summed E-state index contributed by atoms with van der Waals surface area (Å²) in [7, 11) is 0. The van der Waals surface area contributed by atoms with Crippen molar-refractivity contribution in [2.75, 3.05) is 13.1 Å². The summed E-state index contributed by atoms with van der Waals surface area (Å²) in [5.41, 5.74) is 0.923. The van der Waals surface area contributed by atoms with Crippen molar-refractivity contribution >= 4 is 11.8 Å². The number of hydrogen-bond acceptors (Lipinski definition) is 6. The van der Waals surface area contributed by atoms with E-state index in [0.717, 1.165) is 19.4 Å². The van der Waals surface area contributed by atoms with Gasteiger partial charge < -0.3 is 9.84 Å². The summed E-state index contributed by atoms with van der Waals surface area (Å²) in [6.45, 7) is 1.29. The van der Waals surface area contributed by atoms with Gasteiger partial charge in [0.15, 0.2) is 5.82 Å². The molecule has 0 spiro atoms. The Bertz CT molecular complexity index is 745. The average molecular weight is 326 g/mol. The van der Waals surface area contributed by atoms with Gasteiger partial charge in [-0.3, -0.25) is 14.5 Å². The molecule has 24 heavy (non-hydrogen) atoms. The summed E-state index contributed by atoms with van der Waals surface area (Å²) in [6.07, 6.45) is 3.41. The van der Waals surface area contributed by atoms with E-state index in [1.54, 1.807) is 24.3 Å². The summed E-state index contributed by atoms with van der Waals surface area (Å²) in [4.78, 5) is 30.2. The lowest BCUT2D eigenvalue weighted by Gasteiger charge is -2.11. The van der Waals surface area contributed by atoms with E-state index in [-0.39, 0.29) is 18.4 Å². The topological polar surface area (TPSA) is 88.3 Å². The third-order valence-corrected chi connectivity index (χ3v) is 4.53. The Morgan fingerprint density at radius 3 is 2.62 bits per heavy atom. The van der Waals surface area contributed by atoms with Gasteiger partial charge >= 0.3 is 0 Å². The zero-order valence-electron chi connectivity index (χ0n) is 13.2. The number of amides is 2. The van der Waals surface area contributed by atoms with Crippen molar-refractivity contribution in [2.24, 2.45) is 0 Å². The number of carbonyl (C=O) groups excluding carboxylic acids is 2. The highest BCUT2D eigenvalue weighted by Crippen LogP contribution is 2.22. The number of imide groups is 1. The van der Waals surface area contributed by atoms with Gasteiger partial charge in [-0.15, -0.1) is 0 Å². The van der Waals surface area contributed by atoms with Crippen LogP contribution in [-0.4, -0.2) is 46.0 Å². The van der Waals surface area contributed by atoms with Crippen LogP contribution in [0.3, 0.4) is 0 Å². The minimum absolute atomic E-state index is 0.255. The van der Waals surface area contributed by atoms with Crippen molar-refractivity contribution in [3.05, 3.63) is 47.1 Å². The zero-order valence-corrected chi connectivity index (χ0v) is 13.2. The summed E-state index contributed by atoms with van der Waals surface area (Å²) in [5, 5.41) is 7.34. The second-order valence-electron chi connectivity index (χ2n) is 6.16. The number of benzene rings is 1. The number of nitrogens with zero attached hydrogens (tertiary/aromatic N) is 3. The first-order chi connectivity index (χ1) is 11.7. The van der Waals surface area contributed by atoms with Crippen LogP contribution in [0, 0.1) is 0 Å². The Balaban J connectivity index is 1.38. The molecule has 1 N–H and O–H groups in total. The van der Waals surface area contributed by atoms with Crippen LogP contribution in [0.15, 0.2) is 28.8 Å². The summed E-state index contributed by atoms with van der Waals surface area (Å²) in [6, 6.07) is 7.27. The van der Waals surface area contributed by atoms with Gasteiger partial charge in [-0.1, -0.05) is 17.3 Å². The predicted molar refractivity (Wildman–Crippen MR) is 84.5 cm³/mol. The van der Waals surface area contributed by atoms with Crippen molar-refractivity contribution in [2.45, 2.75) is 31.7 Å². The largest absolute Gasteiger partial charge is 0.339 e. The van der Waals surface area contributed by atoms with Crippen molar-refractivity contribution in [1.29, 1.82) is 0 Å². The van der Waals surface area contributed by atoms with E-state index in [2.05, 4.69) is 15.5 Å². The van der Waals surface area contributed by atoms with Crippen LogP contribution in [0.2, 0.25) is 0 Å². The molecule has 7 heteroatoms. The van der Waals surface area contributed by atoms with E-state index in [1.807, 2.05) is 0 Å². The van der Waals surface area contributed by atoms with E-state index >= 15 is 0 Å². The van der Waals surface area contributed by atoms with Crippen LogP contribution in [0.1, 0.15) is 45.3 Å². The molecule has 0 bridgehead atoms. The highest BCUT2D eigenvalue weighted by molar-refractivity contribution is 6.21. The first-order valence-corrected chi connectivity index (χ1v) is 8.22. The third kappa shape index (κ3) is 2.71. The highest BCUT2D eigenvalue weighted by Gasteiger charge is 2.34. The summed E-state index contributed by atoms with van der Waals surface area (Å²) in [5.74, 6) is 0.621. The van der Waals surface area contributed by atoms with Crippen molar-refractivity contribution in [3.63, 3.8) is 0 Å². The maximum atomic E-state index is 12.3. The molecular formula is C17H18N4O3. The average Bonchev–Trinajstić information content (AvgIpc) is 3.31. The van der Waals surface area contributed by atoms with Gasteiger partial charge in [-0.2, -0.15) is 4.98 Å². The Labute approximate surface area is 139 Å². The maximum absolute atomic E-state index is 12.3. The Hall–Kier alpha value is -2.54. The predicted octanol–water partition coefficient (Wildman–Crippen LogP) is 1.20. The third-order valence-electron chi connectivity index (χ3n) is 4.53. The number of nitrogens with one attached hydrogen (secondary N) is 1. The van der Waals surface area contributed by atoms with E-state index < -0.39 is 0 Å². The monoisotopic (exact) mass is 326 g/mol.